The first-order valence-corrected chi connectivity index (χ1v) is 11.8. The first-order valence-electron chi connectivity index (χ1n) is 10.8. The molecule has 4 nitrogen and oxygen atoms in total. The van der Waals surface area contributed by atoms with Crippen molar-refractivity contribution >= 4 is 23.5 Å². The van der Waals surface area contributed by atoms with Gasteiger partial charge in [-0.1, -0.05) is 91.0 Å². The number of pyridine rings is 1. The molecule has 33 heavy (non-hydrogen) atoms. The number of methoxy groups -OCH3 is 1. The molecular weight excluding hydrogens is 428 g/mol. The van der Waals surface area contributed by atoms with Gasteiger partial charge in [0.05, 0.1) is 11.9 Å². The fraction of sp³-hybridized carbons (Fsp3) is 0.143. The van der Waals surface area contributed by atoms with Crippen molar-refractivity contribution in [3.63, 3.8) is 0 Å². The summed E-state index contributed by atoms with van der Waals surface area (Å²) in [6, 6.07) is 35.3. The standard InChI is InChI=1S/C28H26N2O2S/c1-32-27(31)25-18-11-19-29-26(25)30-20-21-33-28(22-12-5-2-6-13-22,23-14-7-3-8-15-23)24-16-9-4-10-17-24/h2-19H,20-21H2,1H3,(H,29,30). The molecule has 0 unspecified atom stereocenters. The van der Waals surface area contributed by atoms with Crippen molar-refractivity contribution in [2.75, 3.05) is 24.7 Å². The zero-order valence-electron chi connectivity index (χ0n) is 18.5. The molecule has 0 saturated carbocycles. The van der Waals surface area contributed by atoms with E-state index in [1.54, 1.807) is 18.3 Å². The van der Waals surface area contributed by atoms with Crippen LogP contribution in [0.2, 0.25) is 0 Å². The van der Waals surface area contributed by atoms with Gasteiger partial charge in [-0.15, -0.1) is 11.8 Å². The quantitative estimate of drug-likeness (QED) is 0.191. The van der Waals surface area contributed by atoms with E-state index < -0.39 is 5.97 Å². The van der Waals surface area contributed by atoms with Crippen LogP contribution in [-0.4, -0.2) is 30.4 Å². The molecule has 0 aliphatic rings. The molecule has 0 amide bonds. The average molecular weight is 455 g/mol. The van der Waals surface area contributed by atoms with Gasteiger partial charge in [-0.3, -0.25) is 0 Å². The van der Waals surface area contributed by atoms with E-state index in [0.29, 0.717) is 17.9 Å². The maximum Gasteiger partial charge on any atom is 0.341 e. The van der Waals surface area contributed by atoms with E-state index in [4.69, 9.17) is 4.74 Å². The highest BCUT2D eigenvalue weighted by Gasteiger charge is 2.36. The molecule has 0 radical (unpaired) electrons. The first kappa shape index (κ1) is 22.6. The second-order valence-electron chi connectivity index (χ2n) is 7.45. The number of thioether (sulfide) groups is 1. The highest BCUT2D eigenvalue weighted by molar-refractivity contribution is 8.00. The van der Waals surface area contributed by atoms with Gasteiger partial charge >= 0.3 is 5.97 Å². The Balaban J connectivity index is 1.65. The van der Waals surface area contributed by atoms with Crippen LogP contribution in [0, 0.1) is 0 Å². The molecule has 4 aromatic rings. The highest BCUT2D eigenvalue weighted by atomic mass is 32.2. The number of hydrogen-bond donors (Lipinski definition) is 1. The van der Waals surface area contributed by atoms with Gasteiger partial charge in [0.1, 0.15) is 11.4 Å². The van der Waals surface area contributed by atoms with E-state index in [0.717, 1.165) is 5.75 Å². The number of rotatable bonds is 9. The van der Waals surface area contributed by atoms with Crippen molar-refractivity contribution in [1.29, 1.82) is 0 Å². The molecule has 0 spiro atoms. The maximum absolute atomic E-state index is 12.1. The third-order valence-corrected chi connectivity index (χ3v) is 7.02. The van der Waals surface area contributed by atoms with E-state index in [9.17, 15) is 4.79 Å². The Kier molecular flexibility index (Phi) is 7.43. The monoisotopic (exact) mass is 454 g/mol. The van der Waals surface area contributed by atoms with Gasteiger partial charge in [0, 0.05) is 18.5 Å². The van der Waals surface area contributed by atoms with E-state index in [1.807, 2.05) is 30.0 Å². The third-order valence-electron chi connectivity index (χ3n) is 5.47. The molecule has 5 heteroatoms. The van der Waals surface area contributed by atoms with Crippen LogP contribution in [0.4, 0.5) is 5.82 Å². The second kappa shape index (κ2) is 10.8. The minimum absolute atomic E-state index is 0.374. The molecule has 4 rings (SSSR count). The van der Waals surface area contributed by atoms with Gasteiger partial charge in [-0.25, -0.2) is 9.78 Å². The summed E-state index contributed by atoms with van der Waals surface area (Å²) in [6.07, 6.45) is 1.67. The number of aromatic nitrogens is 1. The lowest BCUT2D eigenvalue weighted by atomic mass is 9.84. The van der Waals surface area contributed by atoms with Crippen molar-refractivity contribution in [2.24, 2.45) is 0 Å². The Morgan fingerprint density at radius 2 is 1.33 bits per heavy atom. The number of anilines is 1. The lowest BCUT2D eigenvalue weighted by molar-refractivity contribution is 0.0601. The van der Waals surface area contributed by atoms with Crippen LogP contribution >= 0.6 is 11.8 Å². The van der Waals surface area contributed by atoms with Crippen molar-refractivity contribution < 1.29 is 9.53 Å². The Hall–Kier alpha value is -3.57. The van der Waals surface area contributed by atoms with E-state index in [-0.39, 0.29) is 4.75 Å². The maximum atomic E-state index is 12.1. The number of hydrogen-bond acceptors (Lipinski definition) is 5. The smallest absolute Gasteiger partial charge is 0.341 e. The molecule has 1 heterocycles. The number of nitrogens with zero attached hydrogens (tertiary/aromatic N) is 1. The summed E-state index contributed by atoms with van der Waals surface area (Å²) in [5.74, 6) is 0.927. The molecule has 0 aliphatic heterocycles. The predicted molar refractivity (Wildman–Crippen MR) is 136 cm³/mol. The molecule has 0 bridgehead atoms. The molecule has 1 N–H and O–H groups in total. The van der Waals surface area contributed by atoms with Crippen LogP contribution in [-0.2, 0) is 9.48 Å². The zero-order chi connectivity index (χ0) is 22.9. The SMILES string of the molecule is COC(=O)c1cccnc1NCCSC(c1ccccc1)(c1ccccc1)c1ccccc1. The fourth-order valence-electron chi connectivity index (χ4n) is 3.96. The minimum atomic E-state index is -0.398. The predicted octanol–water partition coefficient (Wildman–Crippen LogP) is 6.01. The molecule has 1 aromatic heterocycles. The Labute approximate surface area is 199 Å². The molecule has 0 atom stereocenters. The summed E-state index contributed by atoms with van der Waals surface area (Å²) in [6.45, 7) is 0.639. The highest BCUT2D eigenvalue weighted by Crippen LogP contribution is 2.48. The van der Waals surface area contributed by atoms with Gasteiger partial charge < -0.3 is 10.1 Å². The number of carbonyl (C=O) groups is 1. The lowest BCUT2D eigenvalue weighted by Crippen LogP contribution is -2.27. The van der Waals surface area contributed by atoms with Crippen LogP contribution in [0.1, 0.15) is 27.0 Å². The number of carbonyl (C=O) groups excluding carboxylic acids is 1. The van der Waals surface area contributed by atoms with Crippen LogP contribution in [0.25, 0.3) is 0 Å². The van der Waals surface area contributed by atoms with Crippen molar-refractivity contribution in [3.05, 3.63) is 132 Å². The summed E-state index contributed by atoms with van der Waals surface area (Å²) in [4.78, 5) is 16.4. The molecule has 0 saturated heterocycles. The number of benzene rings is 3. The number of ether oxygens (including phenoxy) is 1. The lowest BCUT2D eigenvalue weighted by Gasteiger charge is -2.35. The summed E-state index contributed by atoms with van der Waals surface area (Å²) in [5.41, 5.74) is 4.10. The van der Waals surface area contributed by atoms with E-state index >= 15 is 0 Å². The van der Waals surface area contributed by atoms with Crippen molar-refractivity contribution in [1.82, 2.24) is 4.98 Å². The summed E-state index contributed by atoms with van der Waals surface area (Å²) < 4.78 is 4.51. The Morgan fingerprint density at radius 1 is 0.818 bits per heavy atom. The van der Waals surface area contributed by atoms with E-state index in [2.05, 4.69) is 83.1 Å². The van der Waals surface area contributed by atoms with Crippen molar-refractivity contribution in [3.8, 4) is 0 Å². The summed E-state index contributed by atoms with van der Waals surface area (Å²) in [5, 5.41) is 3.32. The molecule has 0 aliphatic carbocycles. The van der Waals surface area contributed by atoms with Crippen LogP contribution in [0.15, 0.2) is 109 Å². The number of esters is 1. The zero-order valence-corrected chi connectivity index (χ0v) is 19.3. The van der Waals surface area contributed by atoms with Gasteiger partial charge in [0.15, 0.2) is 0 Å². The van der Waals surface area contributed by atoms with Crippen LogP contribution in [0.5, 0.6) is 0 Å². The van der Waals surface area contributed by atoms with E-state index in [1.165, 1.54) is 23.8 Å². The summed E-state index contributed by atoms with van der Waals surface area (Å²) in [7, 11) is 1.38. The van der Waals surface area contributed by atoms with Crippen molar-refractivity contribution in [2.45, 2.75) is 4.75 Å². The van der Waals surface area contributed by atoms with Gasteiger partial charge in [0.25, 0.3) is 0 Å². The molecular formula is C28H26N2O2S. The second-order valence-corrected chi connectivity index (χ2v) is 8.75. The first-order chi connectivity index (χ1) is 16.3. The van der Waals surface area contributed by atoms with Crippen LogP contribution in [0.3, 0.4) is 0 Å². The Bertz CT molecular complexity index is 1070. The normalized spacial score (nSPS) is 11.1. The minimum Gasteiger partial charge on any atom is -0.465 e. The molecule has 0 fully saturated rings. The van der Waals surface area contributed by atoms with Gasteiger partial charge in [-0.05, 0) is 28.8 Å². The average Bonchev–Trinajstić information content (AvgIpc) is 2.90. The topological polar surface area (TPSA) is 51.2 Å². The van der Waals surface area contributed by atoms with Gasteiger partial charge in [-0.2, -0.15) is 0 Å². The number of nitrogens with one attached hydrogen (secondary N) is 1. The summed E-state index contributed by atoms with van der Waals surface area (Å²) >= 11 is 1.86. The van der Waals surface area contributed by atoms with Gasteiger partial charge in [0.2, 0.25) is 0 Å². The van der Waals surface area contributed by atoms with Crippen LogP contribution < -0.4 is 5.32 Å². The Morgan fingerprint density at radius 3 is 1.82 bits per heavy atom. The molecule has 166 valence electrons. The largest absolute Gasteiger partial charge is 0.465 e. The third kappa shape index (κ3) is 4.94. The molecule has 3 aromatic carbocycles. The fourth-order valence-corrected chi connectivity index (χ4v) is 5.38.